The van der Waals surface area contributed by atoms with E-state index >= 15 is 0 Å². The third kappa shape index (κ3) is 9.59. The average Bonchev–Trinajstić information content (AvgIpc) is 1.44. The van der Waals surface area contributed by atoms with Gasteiger partial charge in [-0.15, -0.1) is 0 Å². The first-order valence-corrected chi connectivity index (χ1v) is 38.8. The first-order chi connectivity index (χ1) is 54.1. The summed E-state index contributed by atoms with van der Waals surface area (Å²) in [4.78, 5) is 0. The monoisotopic (exact) mass is 1390 g/mol. The third-order valence-corrected chi connectivity index (χ3v) is 25.0. The molecule has 0 unspecified atom stereocenters. The SMILES string of the molecule is CC1(C)c2cccc(-c3cccc(-c4c5ccccc5c(-c5ccc6ccc7ccccc7c6c5)c5ccccc45)c3)c2-c2ccc3ccccc3c21.CC1(C)c2cccc(-c3cccc(-c4c5ccccc5c(-c5cccc6c5ccc5cc7ccccc7cc56)c5ccccc45)c3)c2-c2ccc3ccccc3c21. The lowest BCUT2D eigenvalue weighted by Crippen LogP contribution is -2.15. The molecule has 0 saturated carbocycles. The minimum atomic E-state index is -0.108. The number of rotatable bonds is 6. The van der Waals surface area contributed by atoms with Gasteiger partial charge in [0.05, 0.1) is 0 Å². The van der Waals surface area contributed by atoms with E-state index in [0.29, 0.717) is 0 Å². The average molecular weight is 1400 g/mol. The minimum absolute atomic E-state index is 0.101. The number of fused-ring (bicyclic) bond motifs is 21. The molecule has 0 spiro atoms. The Morgan fingerprint density at radius 3 is 0.945 bits per heavy atom. The van der Waals surface area contributed by atoms with E-state index in [4.69, 9.17) is 0 Å². The van der Waals surface area contributed by atoms with Crippen LogP contribution in [0, 0.1) is 0 Å². The molecule has 23 rings (SSSR count). The molecule has 2 aliphatic rings. The van der Waals surface area contributed by atoms with E-state index in [-0.39, 0.29) is 10.8 Å². The van der Waals surface area contributed by atoms with Gasteiger partial charge in [0.25, 0.3) is 0 Å². The van der Waals surface area contributed by atoms with Crippen molar-refractivity contribution in [1.29, 1.82) is 0 Å². The maximum atomic E-state index is 2.43. The highest BCUT2D eigenvalue weighted by Crippen LogP contribution is 2.58. The smallest absolute Gasteiger partial charge is 0.0165 e. The van der Waals surface area contributed by atoms with Crippen molar-refractivity contribution in [2.45, 2.75) is 38.5 Å². The summed E-state index contributed by atoms with van der Waals surface area (Å²) < 4.78 is 0. The van der Waals surface area contributed by atoms with E-state index in [1.165, 1.54) is 230 Å². The van der Waals surface area contributed by atoms with Gasteiger partial charge in [0.15, 0.2) is 0 Å². The predicted octanol–water partition coefficient (Wildman–Crippen LogP) is 30.7. The molecule has 0 heterocycles. The van der Waals surface area contributed by atoms with Gasteiger partial charge < -0.3 is 0 Å². The lowest BCUT2D eigenvalue weighted by atomic mass is 9.80. The van der Waals surface area contributed by atoms with Crippen molar-refractivity contribution in [1.82, 2.24) is 0 Å². The predicted molar refractivity (Wildman–Crippen MR) is 473 cm³/mol. The number of hydrogen-bond acceptors (Lipinski definition) is 0. The van der Waals surface area contributed by atoms with Crippen LogP contribution in [0.4, 0.5) is 0 Å². The lowest BCUT2D eigenvalue weighted by molar-refractivity contribution is 0.666. The van der Waals surface area contributed by atoms with Crippen LogP contribution in [0.2, 0.25) is 0 Å². The summed E-state index contributed by atoms with van der Waals surface area (Å²) >= 11 is 0. The fourth-order valence-electron chi connectivity index (χ4n) is 20.1. The zero-order valence-corrected chi connectivity index (χ0v) is 61.8. The topological polar surface area (TPSA) is 0 Å². The normalized spacial score (nSPS) is 13.2. The molecule has 0 aromatic heterocycles. The molecule has 0 radical (unpaired) electrons. The van der Waals surface area contributed by atoms with E-state index in [9.17, 15) is 0 Å². The standard InChI is InChI=1S/C57H38.C53H36/c1-57(2)52-27-13-24-41(55(52)50-31-28-35-14-5-6-19-42(35)56(50)57)38-17-11-18-40(33-38)53-46-20-7-9-22-48(46)54(49-23-10-8-21-47(49)53)45-26-12-25-43-44(45)30-29-39-32-36-15-3-4-16-37(36)34-51(39)43;1-53(2)48-24-12-23-40(51(48)46-30-29-34-14-4-6-18-41(34)52(46)53)36-15-11-16-37(31-36)49-42-19-7-9-21-44(42)50(45-22-10-8-20-43(45)49)38-28-27-35-26-25-33-13-3-5-17-39(33)47(35)32-38/h3-34H,1-2H3;3-32H,1-2H3. The molecule has 0 N–H and O–H groups in total. The van der Waals surface area contributed by atoms with Crippen molar-refractivity contribution in [2.75, 3.05) is 0 Å². The van der Waals surface area contributed by atoms with E-state index in [1.54, 1.807) is 0 Å². The van der Waals surface area contributed by atoms with E-state index in [2.05, 4.69) is 404 Å². The van der Waals surface area contributed by atoms with Crippen LogP contribution in [0.5, 0.6) is 0 Å². The Labute approximate surface area is 640 Å². The molecule has 0 heteroatoms. The number of hydrogen-bond donors (Lipinski definition) is 0. The first kappa shape index (κ1) is 63.7. The molecular formula is C110H74. The second-order valence-electron chi connectivity index (χ2n) is 31.6. The van der Waals surface area contributed by atoms with Crippen molar-refractivity contribution < 1.29 is 0 Å². The van der Waals surface area contributed by atoms with Crippen LogP contribution in [-0.2, 0) is 10.8 Å². The quantitative estimate of drug-likeness (QED) is 0.115. The fraction of sp³-hybridized carbons (Fsp3) is 0.0545. The van der Waals surface area contributed by atoms with Crippen LogP contribution in [0.15, 0.2) is 376 Å². The Bertz CT molecular complexity index is 7410. The molecule has 514 valence electrons. The summed E-state index contributed by atoms with van der Waals surface area (Å²) in [5.41, 5.74) is 26.1. The summed E-state index contributed by atoms with van der Waals surface area (Å²) in [5, 5.41) is 28.2. The summed E-state index contributed by atoms with van der Waals surface area (Å²) in [5.74, 6) is 0. The van der Waals surface area contributed by atoms with Gasteiger partial charge in [-0.3, -0.25) is 0 Å². The van der Waals surface area contributed by atoms with Crippen molar-refractivity contribution in [3.05, 3.63) is 398 Å². The van der Waals surface area contributed by atoms with Gasteiger partial charge in [-0.1, -0.05) is 373 Å². The molecule has 0 amide bonds. The van der Waals surface area contributed by atoms with Gasteiger partial charge in [0.1, 0.15) is 0 Å². The molecule has 110 heavy (non-hydrogen) atoms. The van der Waals surface area contributed by atoms with Crippen LogP contribution < -0.4 is 0 Å². The Morgan fingerprint density at radius 2 is 0.464 bits per heavy atom. The molecule has 0 saturated heterocycles. The molecule has 2 aliphatic carbocycles. The molecule has 0 bridgehead atoms. The second kappa shape index (κ2) is 24.5. The van der Waals surface area contributed by atoms with E-state index < -0.39 is 0 Å². The van der Waals surface area contributed by atoms with Crippen molar-refractivity contribution in [2.24, 2.45) is 0 Å². The lowest BCUT2D eigenvalue weighted by Gasteiger charge is -2.23. The van der Waals surface area contributed by atoms with Gasteiger partial charge in [0.2, 0.25) is 0 Å². The van der Waals surface area contributed by atoms with Gasteiger partial charge >= 0.3 is 0 Å². The second-order valence-corrected chi connectivity index (χ2v) is 31.6. The fourth-order valence-corrected chi connectivity index (χ4v) is 20.1. The molecule has 21 aromatic carbocycles. The molecule has 0 fully saturated rings. The summed E-state index contributed by atoms with van der Waals surface area (Å²) in [7, 11) is 0. The van der Waals surface area contributed by atoms with Crippen molar-refractivity contribution in [3.8, 4) is 89.0 Å². The minimum Gasteiger partial charge on any atom is -0.0616 e. The Hall–Kier alpha value is -13.5. The molecule has 0 aliphatic heterocycles. The molecule has 0 nitrogen and oxygen atoms in total. The summed E-state index contributed by atoms with van der Waals surface area (Å²) in [6.45, 7) is 9.57. The van der Waals surface area contributed by atoms with Crippen LogP contribution >= 0.6 is 0 Å². The maximum absolute atomic E-state index is 2.43. The first-order valence-electron chi connectivity index (χ1n) is 38.8. The Morgan fingerprint density at radius 1 is 0.145 bits per heavy atom. The van der Waals surface area contributed by atoms with Gasteiger partial charge in [0, 0.05) is 10.8 Å². The van der Waals surface area contributed by atoms with E-state index in [1.807, 2.05) is 0 Å². The maximum Gasteiger partial charge on any atom is 0.0165 e. The van der Waals surface area contributed by atoms with Crippen LogP contribution in [-0.4, -0.2) is 0 Å². The summed E-state index contributed by atoms with van der Waals surface area (Å²) in [6, 6.07) is 141. The molecule has 21 aromatic rings. The van der Waals surface area contributed by atoms with Gasteiger partial charge in [-0.2, -0.15) is 0 Å². The highest BCUT2D eigenvalue weighted by Gasteiger charge is 2.40. The van der Waals surface area contributed by atoms with Crippen molar-refractivity contribution >= 4 is 118 Å². The third-order valence-electron chi connectivity index (χ3n) is 25.0. The Balaban J connectivity index is 0.000000136. The number of benzene rings is 21. The zero-order chi connectivity index (χ0) is 73.1. The highest BCUT2D eigenvalue weighted by molar-refractivity contribution is 6.27. The zero-order valence-electron chi connectivity index (χ0n) is 61.8. The van der Waals surface area contributed by atoms with Gasteiger partial charge in [-0.25, -0.2) is 0 Å². The van der Waals surface area contributed by atoms with Crippen LogP contribution in [0.25, 0.3) is 208 Å². The largest absolute Gasteiger partial charge is 0.0616 e. The van der Waals surface area contributed by atoms with Crippen LogP contribution in [0.1, 0.15) is 49.9 Å². The van der Waals surface area contributed by atoms with E-state index in [0.717, 1.165) is 0 Å². The van der Waals surface area contributed by atoms with Crippen molar-refractivity contribution in [3.63, 3.8) is 0 Å². The van der Waals surface area contributed by atoms with Crippen LogP contribution in [0.3, 0.4) is 0 Å². The van der Waals surface area contributed by atoms with Gasteiger partial charge in [-0.05, 0) is 260 Å². The molecular weight excluding hydrogens is 1320 g/mol. The summed E-state index contributed by atoms with van der Waals surface area (Å²) in [6.07, 6.45) is 0. The Kier molecular flexibility index (Phi) is 14.2. The molecule has 0 atom stereocenters. The highest BCUT2D eigenvalue weighted by atomic mass is 14.4.